The summed E-state index contributed by atoms with van der Waals surface area (Å²) in [6.07, 6.45) is 7.63. The lowest BCUT2D eigenvalue weighted by molar-refractivity contribution is -0.139. The van der Waals surface area contributed by atoms with Crippen LogP contribution in [0, 0.1) is 5.92 Å². The molecule has 0 atom stereocenters. The Morgan fingerprint density at radius 3 is 2.12 bits per heavy atom. The Morgan fingerprint density at radius 2 is 1.49 bits per heavy atom. The standard InChI is InChI=1S/C37H42O6/c1-5-6-27-7-9-28(10-8-27)29-11-13-31(14-12-29)34-23-32(17-20-35(34)43-37(40)26(4)24-38)30-15-18-33(19-16-30)41-21-22-42-36(39)25(2)3/h11-20,23,27-28,38H,2,4-10,21-22,24H2,1,3H3. The molecule has 0 saturated heterocycles. The molecule has 0 spiro atoms. The number of hydrogen-bond acceptors (Lipinski definition) is 6. The van der Waals surface area contributed by atoms with Gasteiger partial charge in [0.15, 0.2) is 0 Å². The van der Waals surface area contributed by atoms with E-state index in [1.165, 1.54) is 44.1 Å². The first-order valence-corrected chi connectivity index (χ1v) is 15.1. The molecule has 226 valence electrons. The first kappa shape index (κ1) is 31.8. The number of benzene rings is 3. The van der Waals surface area contributed by atoms with Crippen molar-refractivity contribution in [1.82, 2.24) is 0 Å². The summed E-state index contributed by atoms with van der Waals surface area (Å²) in [4.78, 5) is 24.0. The predicted octanol–water partition coefficient (Wildman–Crippen LogP) is 8.05. The van der Waals surface area contributed by atoms with Crippen molar-refractivity contribution in [2.24, 2.45) is 5.92 Å². The molecular formula is C37H42O6. The number of ether oxygens (including phenoxy) is 3. The van der Waals surface area contributed by atoms with E-state index in [4.69, 9.17) is 14.2 Å². The molecule has 1 N–H and O–H groups in total. The fourth-order valence-electron chi connectivity index (χ4n) is 5.55. The van der Waals surface area contributed by atoms with Crippen molar-refractivity contribution in [3.8, 4) is 33.8 Å². The summed E-state index contributed by atoms with van der Waals surface area (Å²) in [5.74, 6) is 1.41. The van der Waals surface area contributed by atoms with Crippen molar-refractivity contribution in [1.29, 1.82) is 0 Å². The van der Waals surface area contributed by atoms with Crippen molar-refractivity contribution in [2.45, 2.75) is 58.3 Å². The third-order valence-electron chi connectivity index (χ3n) is 8.02. The molecule has 3 aromatic rings. The summed E-state index contributed by atoms with van der Waals surface area (Å²) < 4.78 is 16.4. The van der Waals surface area contributed by atoms with Crippen LogP contribution < -0.4 is 9.47 Å². The molecule has 0 unspecified atom stereocenters. The van der Waals surface area contributed by atoms with Crippen LogP contribution in [0.3, 0.4) is 0 Å². The minimum Gasteiger partial charge on any atom is -0.490 e. The smallest absolute Gasteiger partial charge is 0.341 e. The van der Waals surface area contributed by atoms with Gasteiger partial charge in [-0.3, -0.25) is 0 Å². The zero-order chi connectivity index (χ0) is 30.8. The predicted molar refractivity (Wildman–Crippen MR) is 170 cm³/mol. The van der Waals surface area contributed by atoms with Crippen LogP contribution in [-0.4, -0.2) is 36.9 Å². The first-order valence-electron chi connectivity index (χ1n) is 15.1. The van der Waals surface area contributed by atoms with E-state index in [1.807, 2.05) is 36.4 Å². The highest BCUT2D eigenvalue weighted by atomic mass is 16.6. The Labute approximate surface area is 255 Å². The van der Waals surface area contributed by atoms with Gasteiger partial charge in [-0.25, -0.2) is 9.59 Å². The van der Waals surface area contributed by atoms with Gasteiger partial charge in [0, 0.05) is 11.1 Å². The van der Waals surface area contributed by atoms with Crippen LogP contribution in [0.4, 0.5) is 0 Å². The second-order valence-electron chi connectivity index (χ2n) is 11.3. The van der Waals surface area contributed by atoms with E-state index in [0.29, 0.717) is 23.0 Å². The molecule has 0 radical (unpaired) electrons. The third kappa shape index (κ3) is 8.68. The highest BCUT2D eigenvalue weighted by Gasteiger charge is 2.22. The molecule has 0 amide bonds. The van der Waals surface area contributed by atoms with E-state index in [2.05, 4.69) is 44.3 Å². The molecule has 1 aliphatic rings. The summed E-state index contributed by atoms with van der Waals surface area (Å²) >= 11 is 0. The highest BCUT2D eigenvalue weighted by Crippen LogP contribution is 2.40. The Hall–Kier alpha value is -4.16. The van der Waals surface area contributed by atoms with E-state index >= 15 is 0 Å². The van der Waals surface area contributed by atoms with Gasteiger partial charge in [-0.15, -0.1) is 0 Å². The average Bonchev–Trinajstić information content (AvgIpc) is 3.03. The second-order valence-corrected chi connectivity index (χ2v) is 11.3. The lowest BCUT2D eigenvalue weighted by Gasteiger charge is -2.28. The monoisotopic (exact) mass is 582 g/mol. The lowest BCUT2D eigenvalue weighted by Crippen LogP contribution is -2.13. The SMILES string of the molecule is C=C(C)C(=O)OCCOc1ccc(-c2ccc(OC(=O)C(=C)CO)c(-c3ccc(C4CCC(CCC)CC4)cc3)c2)cc1. The van der Waals surface area contributed by atoms with Gasteiger partial charge in [-0.1, -0.05) is 75.4 Å². The summed E-state index contributed by atoms with van der Waals surface area (Å²) in [5.41, 5.74) is 5.31. The Morgan fingerprint density at radius 1 is 0.837 bits per heavy atom. The van der Waals surface area contributed by atoms with Gasteiger partial charge in [0.2, 0.25) is 0 Å². The molecule has 1 aliphatic carbocycles. The summed E-state index contributed by atoms with van der Waals surface area (Å²) in [5, 5.41) is 9.36. The van der Waals surface area contributed by atoms with Crippen molar-refractivity contribution in [3.63, 3.8) is 0 Å². The van der Waals surface area contributed by atoms with Crippen LogP contribution in [0.5, 0.6) is 11.5 Å². The Bertz CT molecular complexity index is 1410. The Kier molecular flexibility index (Phi) is 11.3. The van der Waals surface area contributed by atoms with Crippen LogP contribution in [0.1, 0.15) is 63.9 Å². The molecule has 0 heterocycles. The minimum absolute atomic E-state index is 0.00553. The average molecular weight is 583 g/mol. The summed E-state index contributed by atoms with van der Waals surface area (Å²) in [7, 11) is 0. The van der Waals surface area contributed by atoms with Gasteiger partial charge < -0.3 is 19.3 Å². The minimum atomic E-state index is -0.660. The molecule has 0 bridgehead atoms. The van der Waals surface area contributed by atoms with E-state index < -0.39 is 18.5 Å². The number of carbonyl (C=O) groups is 2. The van der Waals surface area contributed by atoms with Crippen LogP contribution in [0.25, 0.3) is 22.3 Å². The maximum Gasteiger partial charge on any atom is 0.341 e. The van der Waals surface area contributed by atoms with Gasteiger partial charge >= 0.3 is 11.9 Å². The normalized spacial score (nSPS) is 16.3. The zero-order valence-electron chi connectivity index (χ0n) is 25.3. The van der Waals surface area contributed by atoms with E-state index in [0.717, 1.165) is 28.2 Å². The Balaban J connectivity index is 1.52. The number of aliphatic hydroxyl groups excluding tert-OH is 1. The maximum atomic E-state index is 12.5. The molecule has 1 saturated carbocycles. The summed E-state index contributed by atoms with van der Waals surface area (Å²) in [6, 6.07) is 21.9. The van der Waals surface area contributed by atoms with Crippen molar-refractivity contribution in [3.05, 3.63) is 96.6 Å². The first-order chi connectivity index (χ1) is 20.8. The van der Waals surface area contributed by atoms with Crippen molar-refractivity contribution in [2.75, 3.05) is 19.8 Å². The van der Waals surface area contributed by atoms with Gasteiger partial charge in [0.25, 0.3) is 0 Å². The van der Waals surface area contributed by atoms with Crippen molar-refractivity contribution >= 4 is 11.9 Å². The van der Waals surface area contributed by atoms with Gasteiger partial charge in [0.05, 0.1) is 12.2 Å². The maximum absolute atomic E-state index is 12.5. The van der Waals surface area contributed by atoms with Crippen LogP contribution in [-0.2, 0) is 14.3 Å². The van der Waals surface area contributed by atoms with Gasteiger partial charge in [-0.05, 0) is 91.0 Å². The molecule has 0 aromatic heterocycles. The molecule has 6 nitrogen and oxygen atoms in total. The number of carbonyl (C=O) groups excluding carboxylic acids is 2. The van der Waals surface area contributed by atoms with E-state index in [9.17, 15) is 14.7 Å². The fraction of sp³-hybridized carbons (Fsp3) is 0.351. The number of hydrogen-bond donors (Lipinski definition) is 1. The third-order valence-corrected chi connectivity index (χ3v) is 8.02. The largest absolute Gasteiger partial charge is 0.490 e. The number of aliphatic hydroxyl groups is 1. The van der Waals surface area contributed by atoms with Gasteiger partial charge in [-0.2, -0.15) is 0 Å². The molecule has 0 aliphatic heterocycles. The number of esters is 2. The molecule has 1 fully saturated rings. The highest BCUT2D eigenvalue weighted by molar-refractivity contribution is 5.91. The quantitative estimate of drug-likeness (QED) is 0.0950. The summed E-state index contributed by atoms with van der Waals surface area (Å²) in [6.45, 7) is 10.9. The van der Waals surface area contributed by atoms with Crippen LogP contribution in [0.15, 0.2) is 91.0 Å². The zero-order valence-corrected chi connectivity index (χ0v) is 25.3. The fourth-order valence-corrected chi connectivity index (χ4v) is 5.55. The molecular weight excluding hydrogens is 540 g/mol. The molecule has 43 heavy (non-hydrogen) atoms. The van der Waals surface area contributed by atoms with Gasteiger partial charge in [0.1, 0.15) is 24.7 Å². The molecule has 6 heteroatoms. The van der Waals surface area contributed by atoms with Crippen molar-refractivity contribution < 1.29 is 28.9 Å². The van der Waals surface area contributed by atoms with Crippen LogP contribution in [0.2, 0.25) is 0 Å². The van der Waals surface area contributed by atoms with E-state index in [1.54, 1.807) is 13.0 Å². The molecule has 4 rings (SSSR count). The second kappa shape index (κ2) is 15.4. The lowest BCUT2D eigenvalue weighted by atomic mass is 9.77. The van der Waals surface area contributed by atoms with Crippen LogP contribution >= 0.6 is 0 Å². The van der Waals surface area contributed by atoms with E-state index in [-0.39, 0.29) is 18.8 Å². The number of rotatable bonds is 13. The molecule has 3 aromatic carbocycles. The topological polar surface area (TPSA) is 82.1 Å².